The van der Waals surface area contributed by atoms with Gasteiger partial charge in [-0.05, 0) is 6.92 Å². The van der Waals surface area contributed by atoms with Crippen LogP contribution in [0, 0.1) is 0 Å². The lowest BCUT2D eigenvalue weighted by Gasteiger charge is -1.97. The highest BCUT2D eigenvalue weighted by atomic mass is 16.6. The van der Waals surface area contributed by atoms with Gasteiger partial charge < -0.3 is 9.84 Å². The number of ether oxygens (including phenoxy) is 1. The molecule has 0 rings (SSSR count). The van der Waals surface area contributed by atoms with Gasteiger partial charge in [-0.2, -0.15) is 0 Å². The third-order valence-corrected chi connectivity index (χ3v) is 0.484. The van der Waals surface area contributed by atoms with Crippen molar-refractivity contribution in [2.24, 2.45) is 0 Å². The summed E-state index contributed by atoms with van der Waals surface area (Å²) in [4.78, 5) is 19.8. The number of carbonyl (C=O) groups excluding carboxylic acids is 1. The van der Waals surface area contributed by atoms with Gasteiger partial charge in [-0.15, -0.1) is 0 Å². The van der Waals surface area contributed by atoms with Gasteiger partial charge in [0.25, 0.3) is 0 Å². The van der Waals surface area contributed by atoms with Crippen molar-refractivity contribution in [3.63, 3.8) is 0 Å². The van der Waals surface area contributed by atoms with Gasteiger partial charge in [0.05, 0.1) is 6.61 Å². The largest absolute Gasteiger partial charge is 0.465 e. The molecule has 0 bridgehead atoms. The van der Waals surface area contributed by atoms with E-state index in [2.05, 4.69) is 4.74 Å². The second-order valence-corrected chi connectivity index (χ2v) is 1.15. The van der Waals surface area contributed by atoms with E-state index in [0.717, 1.165) is 0 Å². The summed E-state index contributed by atoms with van der Waals surface area (Å²) in [6, 6.07) is 0. The molecule has 0 aliphatic heterocycles. The topological polar surface area (TPSA) is 75.6 Å². The first kappa shape index (κ1) is 7.74. The summed E-state index contributed by atoms with van der Waals surface area (Å²) in [7, 11) is 0. The van der Waals surface area contributed by atoms with Crippen molar-refractivity contribution < 1.29 is 19.4 Å². The first-order valence-electron chi connectivity index (χ1n) is 2.33. The lowest BCUT2D eigenvalue weighted by molar-refractivity contribution is 0.145. The number of carbonyl (C=O) groups is 2. The van der Waals surface area contributed by atoms with Crippen LogP contribution in [0.15, 0.2) is 0 Å². The van der Waals surface area contributed by atoms with Crippen LogP contribution < -0.4 is 5.32 Å². The van der Waals surface area contributed by atoms with Gasteiger partial charge in [0, 0.05) is 0 Å². The summed E-state index contributed by atoms with van der Waals surface area (Å²) in [5.74, 6) is 0. The van der Waals surface area contributed by atoms with E-state index in [1.54, 1.807) is 6.92 Å². The Kier molecular flexibility index (Phi) is 3.19. The molecule has 2 amide bonds. The van der Waals surface area contributed by atoms with Crippen molar-refractivity contribution in [2.45, 2.75) is 6.92 Å². The maximum absolute atomic E-state index is 10.1. The molecule has 0 saturated heterocycles. The number of hydrogen-bond donors (Lipinski definition) is 2. The van der Waals surface area contributed by atoms with Crippen LogP contribution in [0.4, 0.5) is 9.59 Å². The van der Waals surface area contributed by atoms with E-state index in [0.29, 0.717) is 0 Å². The number of alkyl carbamates (subject to hydrolysis) is 1. The van der Waals surface area contributed by atoms with Crippen molar-refractivity contribution in [3.05, 3.63) is 0 Å². The zero-order valence-electron chi connectivity index (χ0n) is 4.88. The average molecular weight is 133 g/mol. The number of imide groups is 1. The predicted molar refractivity (Wildman–Crippen MR) is 28.2 cm³/mol. The summed E-state index contributed by atoms with van der Waals surface area (Å²) < 4.78 is 4.22. The summed E-state index contributed by atoms with van der Waals surface area (Å²) >= 11 is 0. The molecule has 0 aromatic rings. The van der Waals surface area contributed by atoms with Crippen LogP contribution in [0.3, 0.4) is 0 Å². The Morgan fingerprint density at radius 1 is 1.67 bits per heavy atom. The van der Waals surface area contributed by atoms with Crippen LogP contribution in [0.25, 0.3) is 0 Å². The van der Waals surface area contributed by atoms with Crippen LogP contribution in [0.2, 0.25) is 0 Å². The molecule has 0 atom stereocenters. The van der Waals surface area contributed by atoms with Crippen LogP contribution in [0.5, 0.6) is 0 Å². The Bertz CT molecular complexity index is 122. The Morgan fingerprint density at radius 2 is 2.22 bits per heavy atom. The molecule has 0 aliphatic rings. The number of hydrogen-bond acceptors (Lipinski definition) is 3. The van der Waals surface area contributed by atoms with Gasteiger partial charge in [-0.3, -0.25) is 0 Å². The lowest BCUT2D eigenvalue weighted by atomic mass is 10.9. The molecule has 0 heterocycles. The monoisotopic (exact) mass is 133 g/mol. The van der Waals surface area contributed by atoms with E-state index in [1.807, 2.05) is 0 Å². The second-order valence-electron chi connectivity index (χ2n) is 1.15. The van der Waals surface area contributed by atoms with Crippen molar-refractivity contribution in [1.29, 1.82) is 0 Å². The third kappa shape index (κ3) is 4.60. The number of rotatable bonds is 1. The predicted octanol–water partition coefficient (Wildman–Crippen LogP) is 0.411. The minimum Gasteiger partial charge on any atom is -0.465 e. The first-order valence-corrected chi connectivity index (χ1v) is 2.33. The molecule has 0 radical (unpaired) electrons. The highest BCUT2D eigenvalue weighted by molar-refractivity contribution is 5.86. The molecule has 5 heteroatoms. The van der Waals surface area contributed by atoms with Crippen molar-refractivity contribution in [1.82, 2.24) is 5.32 Å². The summed E-state index contributed by atoms with van der Waals surface area (Å²) in [5, 5.41) is 9.40. The molecule has 0 saturated carbocycles. The number of nitrogens with one attached hydrogen (secondary N) is 1. The highest BCUT2D eigenvalue weighted by Crippen LogP contribution is 1.74. The van der Waals surface area contributed by atoms with Crippen LogP contribution in [0.1, 0.15) is 6.92 Å². The molecule has 5 nitrogen and oxygen atoms in total. The van der Waals surface area contributed by atoms with Gasteiger partial charge in [-0.1, -0.05) is 0 Å². The van der Waals surface area contributed by atoms with Gasteiger partial charge >= 0.3 is 12.2 Å². The number of amides is 2. The maximum Gasteiger partial charge on any atom is 0.416 e. The van der Waals surface area contributed by atoms with Crippen LogP contribution in [-0.4, -0.2) is 23.9 Å². The minimum atomic E-state index is -1.41. The molecule has 2 N–H and O–H groups in total. The number of carboxylic acid groups (broad SMARTS) is 1. The Morgan fingerprint density at radius 3 is 2.56 bits per heavy atom. The molecule has 0 aliphatic carbocycles. The highest BCUT2D eigenvalue weighted by Gasteiger charge is 2.02. The zero-order valence-corrected chi connectivity index (χ0v) is 4.88. The maximum atomic E-state index is 10.1. The quantitative estimate of drug-likeness (QED) is 0.543. The molecule has 0 spiro atoms. The second kappa shape index (κ2) is 3.71. The van der Waals surface area contributed by atoms with E-state index >= 15 is 0 Å². The van der Waals surface area contributed by atoms with Crippen LogP contribution in [-0.2, 0) is 4.74 Å². The fourth-order valence-corrected chi connectivity index (χ4v) is 0.254. The molecule has 0 unspecified atom stereocenters. The Labute approximate surface area is 51.6 Å². The van der Waals surface area contributed by atoms with E-state index in [9.17, 15) is 9.59 Å². The summed E-state index contributed by atoms with van der Waals surface area (Å²) in [6.07, 6.45) is -2.35. The molecular formula is C4H7NO4. The normalized spacial score (nSPS) is 8.11. The van der Waals surface area contributed by atoms with Crippen molar-refractivity contribution in [3.8, 4) is 0 Å². The lowest BCUT2D eigenvalue weighted by Crippen LogP contribution is -2.29. The summed E-state index contributed by atoms with van der Waals surface area (Å²) in [5.41, 5.74) is 0. The van der Waals surface area contributed by atoms with Crippen molar-refractivity contribution in [2.75, 3.05) is 6.61 Å². The van der Waals surface area contributed by atoms with Crippen molar-refractivity contribution >= 4 is 12.2 Å². The molecule has 52 valence electrons. The molecule has 9 heavy (non-hydrogen) atoms. The Balaban J connectivity index is 3.39. The smallest absolute Gasteiger partial charge is 0.416 e. The van der Waals surface area contributed by atoms with Gasteiger partial charge in [-0.25, -0.2) is 14.9 Å². The fraction of sp³-hybridized carbons (Fsp3) is 0.500. The summed E-state index contributed by atoms with van der Waals surface area (Å²) in [6.45, 7) is 1.75. The fourth-order valence-electron chi connectivity index (χ4n) is 0.254. The molecular weight excluding hydrogens is 126 g/mol. The molecule has 0 aromatic carbocycles. The standard InChI is InChI=1S/C4H7NO4/c1-2-9-4(8)5-3(6)7/h2H2,1H3,(H,5,8)(H,6,7). The van der Waals surface area contributed by atoms with Gasteiger partial charge in [0.15, 0.2) is 0 Å². The van der Waals surface area contributed by atoms with E-state index < -0.39 is 12.2 Å². The third-order valence-electron chi connectivity index (χ3n) is 0.484. The van der Waals surface area contributed by atoms with Gasteiger partial charge in [0.1, 0.15) is 0 Å². The van der Waals surface area contributed by atoms with Crippen LogP contribution >= 0.6 is 0 Å². The first-order chi connectivity index (χ1) is 4.16. The van der Waals surface area contributed by atoms with Gasteiger partial charge in [0.2, 0.25) is 0 Å². The van der Waals surface area contributed by atoms with E-state index in [-0.39, 0.29) is 6.61 Å². The minimum absolute atomic E-state index is 0.166. The zero-order chi connectivity index (χ0) is 7.28. The van der Waals surface area contributed by atoms with E-state index in [4.69, 9.17) is 5.11 Å². The molecule has 0 aromatic heterocycles. The average Bonchev–Trinajstić information content (AvgIpc) is 1.63. The molecule has 0 fully saturated rings. The SMILES string of the molecule is CCOC(=O)NC(=O)O. The Hall–Kier alpha value is -1.26. The van der Waals surface area contributed by atoms with E-state index in [1.165, 1.54) is 5.32 Å².